The zero-order valence-corrected chi connectivity index (χ0v) is 12.7. The lowest BCUT2D eigenvalue weighted by molar-refractivity contribution is -0.169. The zero-order chi connectivity index (χ0) is 14.7. The highest BCUT2D eigenvalue weighted by atomic mass is 16.7. The largest absolute Gasteiger partial charge is 0.366 e. The van der Waals surface area contributed by atoms with E-state index < -0.39 is 0 Å². The van der Waals surface area contributed by atoms with Crippen LogP contribution in [0.4, 0.5) is 11.8 Å². The lowest BCUT2D eigenvalue weighted by atomic mass is 10.0. The van der Waals surface area contributed by atoms with E-state index in [1.165, 1.54) is 0 Å². The average Bonchev–Trinajstić information content (AvgIpc) is 2.96. The number of anilines is 2. The number of hydrogen-bond donors (Lipinski definition) is 1. The van der Waals surface area contributed by atoms with Crippen LogP contribution in [0.25, 0.3) is 0 Å². The van der Waals surface area contributed by atoms with Gasteiger partial charge in [-0.3, -0.25) is 0 Å². The highest BCUT2D eigenvalue weighted by molar-refractivity contribution is 5.39. The van der Waals surface area contributed by atoms with E-state index in [-0.39, 0.29) is 5.79 Å². The first-order valence-corrected chi connectivity index (χ1v) is 7.70. The molecule has 21 heavy (non-hydrogen) atoms. The molecule has 2 saturated heterocycles. The summed E-state index contributed by atoms with van der Waals surface area (Å²) in [6.45, 7) is 7.32. The molecule has 1 spiro atoms. The van der Waals surface area contributed by atoms with Gasteiger partial charge in [0.1, 0.15) is 0 Å². The molecule has 7 nitrogen and oxygen atoms in total. The van der Waals surface area contributed by atoms with Crippen LogP contribution in [0.2, 0.25) is 0 Å². The first-order chi connectivity index (χ1) is 10.2. The summed E-state index contributed by atoms with van der Waals surface area (Å²) in [5.74, 6) is 1.09. The van der Waals surface area contributed by atoms with Crippen molar-refractivity contribution in [3.8, 4) is 0 Å². The van der Waals surface area contributed by atoms with Crippen LogP contribution in [0.5, 0.6) is 0 Å². The molecule has 3 heterocycles. The van der Waals surface area contributed by atoms with Gasteiger partial charge in [-0.05, 0) is 13.3 Å². The van der Waals surface area contributed by atoms with Crippen molar-refractivity contribution < 1.29 is 9.47 Å². The summed E-state index contributed by atoms with van der Waals surface area (Å²) in [7, 11) is 0. The molecule has 0 amide bonds. The van der Waals surface area contributed by atoms with Crippen molar-refractivity contribution in [1.29, 1.82) is 0 Å². The summed E-state index contributed by atoms with van der Waals surface area (Å²) >= 11 is 0. The number of hydrogen-bond acceptors (Lipinski definition) is 7. The first kappa shape index (κ1) is 14.5. The molecule has 2 aliphatic rings. The van der Waals surface area contributed by atoms with Crippen LogP contribution < -0.4 is 10.2 Å². The number of ether oxygens (including phenoxy) is 2. The topological polar surface area (TPSA) is 72.4 Å². The van der Waals surface area contributed by atoms with Gasteiger partial charge in [0.2, 0.25) is 5.95 Å². The van der Waals surface area contributed by atoms with Gasteiger partial charge in [0.15, 0.2) is 11.6 Å². The Hall–Kier alpha value is -1.47. The number of nitrogens with one attached hydrogen (secondary N) is 1. The molecule has 0 saturated carbocycles. The Morgan fingerprint density at radius 1 is 1.33 bits per heavy atom. The van der Waals surface area contributed by atoms with Crippen molar-refractivity contribution in [3.05, 3.63) is 6.20 Å². The predicted octanol–water partition coefficient (Wildman–Crippen LogP) is 1.43. The molecule has 0 aliphatic carbocycles. The van der Waals surface area contributed by atoms with Gasteiger partial charge in [0.25, 0.3) is 0 Å². The van der Waals surface area contributed by atoms with Gasteiger partial charge in [-0.25, -0.2) is 0 Å². The third-order valence-corrected chi connectivity index (χ3v) is 4.18. The highest BCUT2D eigenvalue weighted by Gasteiger charge is 2.40. The van der Waals surface area contributed by atoms with E-state index in [9.17, 15) is 0 Å². The molecule has 116 valence electrons. The lowest BCUT2D eigenvalue weighted by Gasteiger charge is -2.37. The van der Waals surface area contributed by atoms with E-state index in [2.05, 4.69) is 39.2 Å². The zero-order valence-electron chi connectivity index (χ0n) is 12.7. The van der Waals surface area contributed by atoms with Crippen molar-refractivity contribution >= 4 is 11.8 Å². The van der Waals surface area contributed by atoms with Gasteiger partial charge in [-0.2, -0.15) is 10.1 Å². The molecule has 1 aromatic rings. The van der Waals surface area contributed by atoms with Crippen LogP contribution in [0.3, 0.4) is 0 Å². The van der Waals surface area contributed by atoms with E-state index in [1.807, 2.05) is 0 Å². The summed E-state index contributed by atoms with van der Waals surface area (Å²) in [4.78, 5) is 6.70. The molecular weight excluding hydrogens is 270 g/mol. The van der Waals surface area contributed by atoms with E-state index in [4.69, 9.17) is 9.47 Å². The van der Waals surface area contributed by atoms with Gasteiger partial charge < -0.3 is 19.7 Å². The smallest absolute Gasteiger partial charge is 0.247 e. The third-order valence-electron chi connectivity index (χ3n) is 4.18. The van der Waals surface area contributed by atoms with Crippen molar-refractivity contribution in [2.75, 3.05) is 36.5 Å². The maximum absolute atomic E-state index is 5.74. The Labute approximate surface area is 125 Å². The van der Waals surface area contributed by atoms with Gasteiger partial charge >= 0.3 is 0 Å². The van der Waals surface area contributed by atoms with Crippen LogP contribution in [-0.4, -0.2) is 53.3 Å². The second-order valence-corrected chi connectivity index (χ2v) is 5.69. The molecule has 1 atom stereocenters. The number of piperidine rings is 1. The molecular formula is C14H23N5O2. The van der Waals surface area contributed by atoms with Crippen molar-refractivity contribution in [1.82, 2.24) is 15.2 Å². The van der Waals surface area contributed by atoms with E-state index >= 15 is 0 Å². The standard InChI is InChI=1S/C14H23N5O2/c1-3-11(2)16-12-10-15-18-13(17-12)19-6-4-14(5-7-19)20-8-9-21-14/h10-11H,3-9H2,1-2H3,(H,16,17,18). The molecule has 1 N–H and O–H groups in total. The summed E-state index contributed by atoms with van der Waals surface area (Å²) in [6.07, 6.45) is 4.41. The number of aromatic nitrogens is 3. The van der Waals surface area contributed by atoms with Crippen molar-refractivity contribution in [2.45, 2.75) is 44.9 Å². The second kappa shape index (κ2) is 6.11. The fraction of sp³-hybridized carbons (Fsp3) is 0.786. The van der Waals surface area contributed by atoms with Crippen molar-refractivity contribution in [2.24, 2.45) is 0 Å². The molecule has 7 heteroatoms. The Morgan fingerprint density at radius 2 is 2.05 bits per heavy atom. The van der Waals surface area contributed by atoms with E-state index in [0.29, 0.717) is 25.2 Å². The monoisotopic (exact) mass is 293 g/mol. The Bertz CT molecular complexity index is 468. The Morgan fingerprint density at radius 3 is 2.71 bits per heavy atom. The molecule has 2 fully saturated rings. The maximum Gasteiger partial charge on any atom is 0.247 e. The van der Waals surface area contributed by atoms with Crippen molar-refractivity contribution in [3.63, 3.8) is 0 Å². The molecule has 0 bridgehead atoms. The van der Waals surface area contributed by atoms with Gasteiger partial charge in [-0.15, -0.1) is 5.10 Å². The quantitative estimate of drug-likeness (QED) is 0.900. The SMILES string of the molecule is CCC(C)Nc1cnnc(N2CCC3(CC2)OCCO3)n1. The predicted molar refractivity (Wildman–Crippen MR) is 79.3 cm³/mol. The molecule has 1 unspecified atom stereocenters. The van der Waals surface area contributed by atoms with Crippen LogP contribution >= 0.6 is 0 Å². The number of rotatable bonds is 4. The summed E-state index contributed by atoms with van der Waals surface area (Å²) < 4.78 is 11.5. The fourth-order valence-electron chi connectivity index (χ4n) is 2.69. The fourth-order valence-corrected chi connectivity index (χ4v) is 2.69. The summed E-state index contributed by atoms with van der Waals surface area (Å²) in [5, 5.41) is 11.5. The maximum atomic E-state index is 5.74. The van der Waals surface area contributed by atoms with Crippen LogP contribution in [0, 0.1) is 0 Å². The minimum Gasteiger partial charge on any atom is -0.366 e. The normalized spacial score (nSPS) is 22.5. The van der Waals surface area contributed by atoms with E-state index in [1.54, 1.807) is 6.20 Å². The first-order valence-electron chi connectivity index (χ1n) is 7.70. The van der Waals surface area contributed by atoms with Gasteiger partial charge in [0.05, 0.1) is 19.4 Å². The van der Waals surface area contributed by atoms with Crippen LogP contribution in [-0.2, 0) is 9.47 Å². The second-order valence-electron chi connectivity index (χ2n) is 5.69. The molecule has 0 radical (unpaired) electrons. The highest BCUT2D eigenvalue weighted by Crippen LogP contribution is 2.32. The Kier molecular flexibility index (Phi) is 4.21. The number of nitrogens with zero attached hydrogens (tertiary/aromatic N) is 4. The molecule has 3 rings (SSSR count). The summed E-state index contributed by atoms with van der Waals surface area (Å²) in [5.41, 5.74) is 0. The molecule has 2 aliphatic heterocycles. The van der Waals surface area contributed by atoms with Gasteiger partial charge in [0, 0.05) is 32.0 Å². The van der Waals surface area contributed by atoms with E-state index in [0.717, 1.165) is 38.2 Å². The van der Waals surface area contributed by atoms with Crippen LogP contribution in [0.15, 0.2) is 6.20 Å². The Balaban J connectivity index is 1.63. The molecule has 1 aromatic heterocycles. The van der Waals surface area contributed by atoms with Crippen LogP contribution in [0.1, 0.15) is 33.1 Å². The summed E-state index contributed by atoms with van der Waals surface area (Å²) in [6, 6.07) is 0.375. The minimum atomic E-state index is -0.365. The minimum absolute atomic E-state index is 0.365. The lowest BCUT2D eigenvalue weighted by Crippen LogP contribution is -2.45. The average molecular weight is 293 g/mol. The molecule has 0 aromatic carbocycles. The third kappa shape index (κ3) is 3.24. The van der Waals surface area contributed by atoms with Gasteiger partial charge in [-0.1, -0.05) is 6.92 Å².